The molecule has 4 nitrogen and oxygen atoms in total. The van der Waals surface area contributed by atoms with E-state index in [9.17, 15) is 18.3 Å². The van der Waals surface area contributed by atoms with Crippen molar-refractivity contribution < 1.29 is 23.0 Å². The van der Waals surface area contributed by atoms with Crippen LogP contribution in [0.25, 0.3) is 0 Å². The number of ether oxygens (including phenoxy) is 1. The van der Waals surface area contributed by atoms with E-state index in [4.69, 9.17) is 0 Å². The maximum absolute atomic E-state index is 12.5. The first-order chi connectivity index (χ1) is 10.6. The molecule has 0 amide bonds. The Labute approximate surface area is 134 Å². The topological polar surface area (TPSA) is 44.7 Å². The molecular formula is C16H23F3N2O2. The van der Waals surface area contributed by atoms with Crippen molar-refractivity contribution in [3.8, 4) is 11.5 Å². The van der Waals surface area contributed by atoms with E-state index in [-0.39, 0.29) is 11.5 Å². The molecule has 0 saturated carbocycles. The zero-order valence-corrected chi connectivity index (χ0v) is 13.6. The number of piperazine rings is 1. The number of phenols is 1. The summed E-state index contributed by atoms with van der Waals surface area (Å²) >= 11 is 0. The number of hydrogen-bond acceptors (Lipinski definition) is 4. The minimum Gasteiger partial charge on any atom is -0.504 e. The highest BCUT2D eigenvalue weighted by molar-refractivity contribution is 5.47. The molecule has 1 saturated heterocycles. The minimum atomic E-state index is -4.83. The first-order valence-corrected chi connectivity index (χ1v) is 7.62. The summed E-state index contributed by atoms with van der Waals surface area (Å²) in [5.41, 5.74) is 0.201. The van der Waals surface area contributed by atoms with E-state index in [1.54, 1.807) is 6.07 Å². The number of benzene rings is 1. The molecule has 1 heterocycles. The second kappa shape index (κ2) is 6.57. The molecule has 0 radical (unpaired) electrons. The fraction of sp³-hybridized carbons (Fsp3) is 0.625. The molecule has 1 aliphatic rings. The smallest absolute Gasteiger partial charge is 0.504 e. The van der Waals surface area contributed by atoms with Gasteiger partial charge in [0.1, 0.15) is 0 Å². The SMILES string of the molecule is CC(C)(C)[C@@H](c1cccc(OC(F)(F)F)c1O)N1CCNCC1. The van der Waals surface area contributed by atoms with Crippen molar-refractivity contribution in [3.05, 3.63) is 23.8 Å². The minimum absolute atomic E-state index is 0.207. The normalized spacial score (nSPS) is 18.7. The molecular weight excluding hydrogens is 309 g/mol. The van der Waals surface area contributed by atoms with Crippen molar-refractivity contribution in [2.45, 2.75) is 33.2 Å². The molecule has 0 aliphatic carbocycles. The van der Waals surface area contributed by atoms with Crippen molar-refractivity contribution >= 4 is 0 Å². The summed E-state index contributed by atoms with van der Waals surface area (Å²) in [6.45, 7) is 9.19. The zero-order chi connectivity index (χ0) is 17.3. The van der Waals surface area contributed by atoms with Gasteiger partial charge < -0.3 is 15.2 Å². The van der Waals surface area contributed by atoms with Gasteiger partial charge in [0.2, 0.25) is 0 Å². The third-order valence-corrected chi connectivity index (χ3v) is 3.89. The Kier molecular flexibility index (Phi) is 5.10. The lowest BCUT2D eigenvalue weighted by atomic mass is 9.80. The van der Waals surface area contributed by atoms with Gasteiger partial charge in [-0.25, -0.2) is 0 Å². The number of alkyl halides is 3. The Morgan fingerprint density at radius 2 is 1.78 bits per heavy atom. The van der Waals surface area contributed by atoms with E-state index in [0.717, 1.165) is 32.2 Å². The number of halogens is 3. The van der Waals surface area contributed by atoms with Gasteiger partial charge in [-0.05, 0) is 11.5 Å². The lowest BCUT2D eigenvalue weighted by Gasteiger charge is -2.42. The first kappa shape index (κ1) is 17.9. The highest BCUT2D eigenvalue weighted by Crippen LogP contribution is 2.45. The van der Waals surface area contributed by atoms with Crippen LogP contribution < -0.4 is 10.1 Å². The van der Waals surface area contributed by atoms with Crippen LogP contribution in [0.4, 0.5) is 13.2 Å². The Morgan fingerprint density at radius 1 is 1.17 bits per heavy atom. The summed E-state index contributed by atoms with van der Waals surface area (Å²) in [7, 11) is 0. The van der Waals surface area contributed by atoms with Crippen LogP contribution in [-0.2, 0) is 0 Å². The van der Waals surface area contributed by atoms with E-state index < -0.39 is 17.9 Å². The van der Waals surface area contributed by atoms with Gasteiger partial charge in [0.25, 0.3) is 0 Å². The van der Waals surface area contributed by atoms with E-state index in [1.807, 2.05) is 20.8 Å². The number of nitrogens with one attached hydrogen (secondary N) is 1. The van der Waals surface area contributed by atoms with Gasteiger partial charge in [-0.3, -0.25) is 4.90 Å². The van der Waals surface area contributed by atoms with Crippen molar-refractivity contribution in [3.63, 3.8) is 0 Å². The van der Waals surface area contributed by atoms with E-state index in [1.165, 1.54) is 6.07 Å². The third-order valence-electron chi connectivity index (χ3n) is 3.89. The Morgan fingerprint density at radius 3 is 2.30 bits per heavy atom. The second-order valence-corrected chi connectivity index (χ2v) is 6.80. The van der Waals surface area contributed by atoms with Crippen LogP contribution in [0, 0.1) is 5.41 Å². The molecule has 2 N–H and O–H groups in total. The maximum atomic E-state index is 12.5. The van der Waals surface area contributed by atoms with Crippen LogP contribution in [0.2, 0.25) is 0 Å². The van der Waals surface area contributed by atoms with Crippen LogP contribution in [-0.4, -0.2) is 42.5 Å². The van der Waals surface area contributed by atoms with Crippen molar-refractivity contribution in [2.75, 3.05) is 26.2 Å². The molecule has 1 fully saturated rings. The summed E-state index contributed by atoms with van der Waals surface area (Å²) in [5.74, 6) is -0.998. The average molecular weight is 332 g/mol. The summed E-state index contributed by atoms with van der Waals surface area (Å²) in [6, 6.07) is 4.07. The molecule has 130 valence electrons. The second-order valence-electron chi connectivity index (χ2n) is 6.80. The van der Waals surface area contributed by atoms with Crippen LogP contribution in [0.15, 0.2) is 18.2 Å². The third kappa shape index (κ3) is 4.51. The molecule has 0 bridgehead atoms. The molecule has 1 aliphatic heterocycles. The number of hydrogen-bond donors (Lipinski definition) is 2. The summed E-state index contributed by atoms with van der Waals surface area (Å²) in [5, 5.41) is 13.6. The summed E-state index contributed by atoms with van der Waals surface area (Å²) < 4.78 is 41.4. The van der Waals surface area contributed by atoms with Crippen molar-refractivity contribution in [1.82, 2.24) is 10.2 Å². The average Bonchev–Trinajstić information content (AvgIpc) is 2.41. The fourth-order valence-corrected chi connectivity index (χ4v) is 3.12. The predicted molar refractivity (Wildman–Crippen MR) is 81.4 cm³/mol. The van der Waals surface area contributed by atoms with E-state index >= 15 is 0 Å². The lowest BCUT2D eigenvalue weighted by Crippen LogP contribution is -2.48. The highest BCUT2D eigenvalue weighted by Gasteiger charge is 2.37. The van der Waals surface area contributed by atoms with Gasteiger partial charge in [-0.15, -0.1) is 13.2 Å². The Hall–Kier alpha value is -1.47. The molecule has 0 spiro atoms. The molecule has 2 rings (SSSR count). The van der Waals surface area contributed by atoms with Gasteiger partial charge in [-0.1, -0.05) is 32.9 Å². The first-order valence-electron chi connectivity index (χ1n) is 7.62. The van der Waals surface area contributed by atoms with Crippen LogP contribution >= 0.6 is 0 Å². The van der Waals surface area contributed by atoms with E-state index in [0.29, 0.717) is 5.56 Å². The molecule has 7 heteroatoms. The molecule has 1 atom stereocenters. The maximum Gasteiger partial charge on any atom is 0.573 e. The van der Waals surface area contributed by atoms with Crippen LogP contribution in [0.3, 0.4) is 0 Å². The highest BCUT2D eigenvalue weighted by atomic mass is 19.4. The van der Waals surface area contributed by atoms with Crippen molar-refractivity contribution in [1.29, 1.82) is 0 Å². The number of phenolic OH excluding ortho intramolecular Hbond substituents is 1. The van der Waals surface area contributed by atoms with Gasteiger partial charge in [0.15, 0.2) is 11.5 Å². The number of aromatic hydroxyl groups is 1. The monoisotopic (exact) mass is 332 g/mol. The lowest BCUT2D eigenvalue weighted by molar-refractivity contribution is -0.275. The number of rotatable bonds is 3. The largest absolute Gasteiger partial charge is 0.573 e. The van der Waals surface area contributed by atoms with E-state index in [2.05, 4.69) is 15.0 Å². The summed E-state index contributed by atoms with van der Waals surface area (Å²) in [6.07, 6.45) is -4.83. The molecule has 0 unspecified atom stereocenters. The Balaban J connectivity index is 2.40. The predicted octanol–water partition coefficient (Wildman–Crippen LogP) is 3.28. The molecule has 23 heavy (non-hydrogen) atoms. The molecule has 0 aromatic heterocycles. The van der Waals surface area contributed by atoms with Crippen LogP contribution in [0.1, 0.15) is 32.4 Å². The fourth-order valence-electron chi connectivity index (χ4n) is 3.12. The molecule has 1 aromatic carbocycles. The summed E-state index contributed by atoms with van der Waals surface area (Å²) in [4.78, 5) is 2.18. The van der Waals surface area contributed by atoms with Gasteiger partial charge in [0.05, 0.1) is 0 Å². The number of nitrogens with zero attached hydrogens (tertiary/aromatic N) is 1. The standard InChI is InChI=1S/C16H23F3N2O2/c1-15(2,3)14(21-9-7-20-8-10-21)11-5-4-6-12(13(11)22)23-16(17,18)19/h4-6,14,20,22H,7-10H2,1-3H3/t14-/m1/s1. The van der Waals surface area contributed by atoms with Gasteiger partial charge in [0, 0.05) is 37.8 Å². The Bertz CT molecular complexity index is 535. The van der Waals surface area contributed by atoms with Gasteiger partial charge in [-0.2, -0.15) is 0 Å². The quantitative estimate of drug-likeness (QED) is 0.892. The van der Waals surface area contributed by atoms with Gasteiger partial charge >= 0.3 is 6.36 Å². The zero-order valence-electron chi connectivity index (χ0n) is 13.6. The number of para-hydroxylation sites is 1. The van der Waals surface area contributed by atoms with Crippen LogP contribution in [0.5, 0.6) is 11.5 Å². The molecule has 1 aromatic rings. The van der Waals surface area contributed by atoms with Crippen molar-refractivity contribution in [2.24, 2.45) is 5.41 Å².